The highest BCUT2D eigenvalue weighted by Gasteiger charge is 2.11. The van der Waals surface area contributed by atoms with Gasteiger partial charge in [-0.15, -0.1) is 0 Å². The molecule has 0 spiro atoms. The van der Waals surface area contributed by atoms with Gasteiger partial charge in [-0.3, -0.25) is 0 Å². The van der Waals surface area contributed by atoms with Crippen molar-refractivity contribution in [2.75, 3.05) is 0 Å². The summed E-state index contributed by atoms with van der Waals surface area (Å²) in [6, 6.07) is 4.69. The monoisotopic (exact) mass is 236 g/mol. The summed E-state index contributed by atoms with van der Waals surface area (Å²) in [4.78, 5) is 10.4. The number of hydrogen-bond acceptors (Lipinski definition) is 3. The molecule has 0 aliphatic heterocycles. The predicted octanol–water partition coefficient (Wildman–Crippen LogP) is 2.47. The maximum Gasteiger partial charge on any atom is 0.404 e. The van der Waals surface area contributed by atoms with Crippen LogP contribution in [0.5, 0.6) is 0 Å². The van der Waals surface area contributed by atoms with Crippen molar-refractivity contribution >= 4 is 17.9 Å². The number of ether oxygens (including phenoxy) is 1. The van der Waals surface area contributed by atoms with Crippen LogP contribution < -0.4 is 5.73 Å². The number of carbonyl (C=O) groups excluding carboxylic acids is 1. The number of allylic oxidation sites excluding steroid dienone is 2. The van der Waals surface area contributed by atoms with Crippen molar-refractivity contribution in [1.82, 2.24) is 0 Å². The molecule has 90 valence electrons. The van der Waals surface area contributed by atoms with E-state index < -0.39 is 11.9 Å². The molecular weight excluding hydrogens is 223 g/mol. The minimum absolute atomic E-state index is 0.218. The summed E-state index contributed by atoms with van der Waals surface area (Å²) in [5, 5.41) is 7.17. The Kier molecular flexibility index (Phi) is 4.39. The molecule has 1 aromatic carbocycles. The smallest absolute Gasteiger partial charge is 0.404 e. The van der Waals surface area contributed by atoms with Crippen LogP contribution >= 0.6 is 0 Å². The Morgan fingerprint density at radius 3 is 2.82 bits per heavy atom. The lowest BCUT2D eigenvalue weighted by molar-refractivity contribution is 0.149. The second kappa shape index (κ2) is 5.79. The molecule has 0 fully saturated rings. The van der Waals surface area contributed by atoms with Gasteiger partial charge in [0.05, 0.1) is 0 Å². The Morgan fingerprint density at radius 1 is 1.59 bits per heavy atom. The van der Waals surface area contributed by atoms with Crippen LogP contribution in [0.2, 0.25) is 0 Å². The van der Waals surface area contributed by atoms with Crippen LogP contribution in [0.4, 0.5) is 9.18 Å². The number of carbonyl (C=O) groups is 1. The summed E-state index contributed by atoms with van der Waals surface area (Å²) in [6.07, 6.45) is 1.74. The Hall–Kier alpha value is -2.17. The van der Waals surface area contributed by atoms with Gasteiger partial charge in [0.2, 0.25) is 0 Å². The van der Waals surface area contributed by atoms with Gasteiger partial charge >= 0.3 is 6.09 Å². The van der Waals surface area contributed by atoms with E-state index in [1.165, 1.54) is 6.07 Å². The minimum Gasteiger partial charge on any atom is -0.445 e. The molecule has 3 N–H and O–H groups in total. The third kappa shape index (κ3) is 3.14. The molecule has 0 saturated carbocycles. The standard InChI is InChI=1S/C12H13FN2O2/c1-2-8(6-14)10-5-3-4-9(11(10)13)7-17-12(15)16/h2-6,14H,7H2,1H3,(H2,15,16)/b8-2+,14-6?. The lowest BCUT2D eigenvalue weighted by atomic mass is 10.0. The molecule has 0 saturated heterocycles. The third-order valence-electron chi connectivity index (χ3n) is 2.23. The summed E-state index contributed by atoms with van der Waals surface area (Å²) >= 11 is 0. The highest BCUT2D eigenvalue weighted by Crippen LogP contribution is 2.20. The van der Waals surface area contributed by atoms with E-state index in [1.807, 2.05) is 0 Å². The summed E-state index contributed by atoms with van der Waals surface area (Å²) in [5.41, 5.74) is 5.79. The van der Waals surface area contributed by atoms with Crippen LogP contribution in [0, 0.1) is 11.2 Å². The van der Waals surface area contributed by atoms with Crippen LogP contribution in [-0.2, 0) is 11.3 Å². The maximum absolute atomic E-state index is 14.0. The highest BCUT2D eigenvalue weighted by atomic mass is 19.1. The fourth-order valence-corrected chi connectivity index (χ4v) is 1.38. The normalized spacial score (nSPS) is 11.1. The molecule has 1 rings (SSSR count). The van der Waals surface area contributed by atoms with Gasteiger partial charge in [-0.2, -0.15) is 0 Å². The van der Waals surface area contributed by atoms with E-state index in [0.29, 0.717) is 11.1 Å². The first-order valence-corrected chi connectivity index (χ1v) is 4.97. The number of rotatable bonds is 4. The molecular formula is C12H13FN2O2. The minimum atomic E-state index is -0.951. The van der Waals surface area contributed by atoms with Gasteiger partial charge in [-0.05, 0) is 12.5 Å². The zero-order chi connectivity index (χ0) is 12.8. The molecule has 0 heterocycles. The molecule has 0 aliphatic carbocycles. The van der Waals surface area contributed by atoms with E-state index >= 15 is 0 Å². The predicted molar refractivity (Wildman–Crippen MR) is 63.2 cm³/mol. The zero-order valence-corrected chi connectivity index (χ0v) is 9.37. The third-order valence-corrected chi connectivity index (χ3v) is 2.23. The SMILES string of the molecule is C/C=C(\C=N)c1cccc(COC(N)=O)c1F. The molecule has 1 amide bonds. The number of benzene rings is 1. The first kappa shape index (κ1) is 12.9. The van der Waals surface area contributed by atoms with Gasteiger partial charge in [0.15, 0.2) is 0 Å². The molecule has 0 aromatic heterocycles. The van der Waals surface area contributed by atoms with E-state index in [-0.39, 0.29) is 12.2 Å². The summed E-state index contributed by atoms with van der Waals surface area (Å²) in [5.74, 6) is -0.509. The first-order valence-electron chi connectivity index (χ1n) is 4.97. The first-order chi connectivity index (χ1) is 8.10. The summed E-state index contributed by atoms with van der Waals surface area (Å²) < 4.78 is 18.5. The van der Waals surface area contributed by atoms with Crippen molar-refractivity contribution in [3.8, 4) is 0 Å². The number of primary amides is 1. The lowest BCUT2D eigenvalue weighted by Crippen LogP contribution is -2.13. The van der Waals surface area contributed by atoms with Gasteiger partial charge in [0.25, 0.3) is 0 Å². The molecule has 1 aromatic rings. The number of halogens is 1. The average molecular weight is 236 g/mol. The van der Waals surface area contributed by atoms with Gasteiger partial charge in [-0.1, -0.05) is 24.3 Å². The molecule has 5 heteroatoms. The van der Waals surface area contributed by atoms with Crippen LogP contribution in [0.25, 0.3) is 5.57 Å². The van der Waals surface area contributed by atoms with Gasteiger partial charge in [-0.25, -0.2) is 9.18 Å². The quantitative estimate of drug-likeness (QED) is 0.788. The fraction of sp³-hybridized carbons (Fsp3) is 0.167. The molecule has 0 radical (unpaired) electrons. The summed E-state index contributed by atoms with van der Waals surface area (Å²) in [7, 11) is 0. The Morgan fingerprint density at radius 2 is 2.29 bits per heavy atom. The van der Waals surface area contributed by atoms with Crippen LogP contribution in [0.3, 0.4) is 0 Å². The Balaban J connectivity index is 3.06. The molecule has 17 heavy (non-hydrogen) atoms. The Bertz CT molecular complexity index is 470. The van der Waals surface area contributed by atoms with Gasteiger partial charge in [0.1, 0.15) is 12.4 Å². The van der Waals surface area contributed by atoms with Crippen molar-refractivity contribution in [3.63, 3.8) is 0 Å². The molecule has 0 unspecified atom stereocenters. The number of amides is 1. The second-order valence-corrected chi connectivity index (χ2v) is 3.27. The van der Waals surface area contributed by atoms with E-state index in [0.717, 1.165) is 6.21 Å². The highest BCUT2D eigenvalue weighted by molar-refractivity contribution is 6.08. The average Bonchev–Trinajstić information content (AvgIpc) is 2.31. The van der Waals surface area contributed by atoms with Gasteiger partial charge < -0.3 is 15.9 Å². The number of nitrogens with two attached hydrogens (primary N) is 1. The number of nitrogens with one attached hydrogen (secondary N) is 1. The van der Waals surface area contributed by atoms with Crippen molar-refractivity contribution < 1.29 is 13.9 Å². The molecule has 0 aliphatic rings. The number of hydrogen-bond donors (Lipinski definition) is 2. The maximum atomic E-state index is 14.0. The van der Waals surface area contributed by atoms with Crippen molar-refractivity contribution in [3.05, 3.63) is 41.2 Å². The van der Waals surface area contributed by atoms with Crippen molar-refractivity contribution in [1.29, 1.82) is 5.41 Å². The largest absolute Gasteiger partial charge is 0.445 e. The molecule has 4 nitrogen and oxygen atoms in total. The van der Waals surface area contributed by atoms with E-state index in [4.69, 9.17) is 11.1 Å². The van der Waals surface area contributed by atoms with Crippen molar-refractivity contribution in [2.24, 2.45) is 5.73 Å². The van der Waals surface area contributed by atoms with E-state index in [1.54, 1.807) is 25.1 Å². The van der Waals surface area contributed by atoms with Crippen LogP contribution in [0.15, 0.2) is 24.3 Å². The zero-order valence-electron chi connectivity index (χ0n) is 9.37. The van der Waals surface area contributed by atoms with E-state index in [9.17, 15) is 9.18 Å². The topological polar surface area (TPSA) is 76.2 Å². The lowest BCUT2D eigenvalue weighted by Gasteiger charge is -2.08. The molecule has 0 bridgehead atoms. The van der Waals surface area contributed by atoms with Crippen LogP contribution in [-0.4, -0.2) is 12.3 Å². The van der Waals surface area contributed by atoms with E-state index in [2.05, 4.69) is 4.74 Å². The van der Waals surface area contributed by atoms with Crippen LogP contribution in [0.1, 0.15) is 18.1 Å². The fourth-order valence-electron chi connectivity index (χ4n) is 1.38. The second-order valence-electron chi connectivity index (χ2n) is 3.27. The van der Waals surface area contributed by atoms with Gasteiger partial charge in [0, 0.05) is 17.3 Å². The Labute approximate surface area is 98.4 Å². The summed E-state index contributed by atoms with van der Waals surface area (Å²) in [6.45, 7) is 1.50. The molecule has 0 atom stereocenters. The van der Waals surface area contributed by atoms with Crippen molar-refractivity contribution in [2.45, 2.75) is 13.5 Å².